The van der Waals surface area contributed by atoms with Gasteiger partial charge >= 0.3 is 0 Å². The average Bonchev–Trinajstić information content (AvgIpc) is 2.72. The first-order chi connectivity index (χ1) is 8.93. The zero-order valence-electron chi connectivity index (χ0n) is 10.8. The molecule has 0 bridgehead atoms. The molecule has 4 nitrogen and oxygen atoms in total. The number of ketones is 1. The fraction of sp³-hybridized carbons (Fsp3) is 0.462. The Labute approximate surface area is 121 Å². The molecule has 19 heavy (non-hydrogen) atoms. The summed E-state index contributed by atoms with van der Waals surface area (Å²) in [4.78, 5) is 24.5. The van der Waals surface area contributed by atoms with Gasteiger partial charge < -0.3 is 5.32 Å². The van der Waals surface area contributed by atoms with Gasteiger partial charge in [0.05, 0.1) is 11.1 Å². The Hall–Kier alpha value is -1.38. The van der Waals surface area contributed by atoms with Crippen molar-refractivity contribution < 1.29 is 9.59 Å². The van der Waals surface area contributed by atoms with Crippen LogP contribution in [0.2, 0.25) is 5.02 Å². The number of thiophene rings is 1. The van der Waals surface area contributed by atoms with E-state index in [-0.39, 0.29) is 18.2 Å². The van der Waals surface area contributed by atoms with Crippen LogP contribution in [0.4, 0.5) is 0 Å². The van der Waals surface area contributed by atoms with Crippen LogP contribution < -0.4 is 5.32 Å². The molecule has 1 unspecified atom stereocenters. The lowest BCUT2D eigenvalue weighted by atomic mass is 10.00. The smallest absolute Gasteiger partial charge is 0.245 e. The van der Waals surface area contributed by atoms with Gasteiger partial charge in [0.1, 0.15) is 0 Å². The molecule has 1 aromatic heterocycles. The highest BCUT2D eigenvalue weighted by Gasteiger charge is 2.26. The first-order valence-electron chi connectivity index (χ1n) is 5.89. The number of nitrogens with zero attached hydrogens (tertiary/aromatic N) is 1. The third kappa shape index (κ3) is 5.01. The topological polar surface area (TPSA) is 70.0 Å². The summed E-state index contributed by atoms with van der Waals surface area (Å²) < 4.78 is 0. The summed E-state index contributed by atoms with van der Waals surface area (Å²) in [5.74, 6) is -2.10. The number of carbonyl (C=O) groups is 2. The van der Waals surface area contributed by atoms with E-state index in [0.717, 1.165) is 4.88 Å². The summed E-state index contributed by atoms with van der Waals surface area (Å²) in [7, 11) is 0. The highest BCUT2D eigenvalue weighted by molar-refractivity contribution is 7.10. The molecule has 0 aliphatic carbocycles. The SMILES string of the molecule is CC(C)NC(=O)C(C#N)C(=O)CCc1cc(Cl)cs1. The zero-order chi connectivity index (χ0) is 14.4. The van der Waals surface area contributed by atoms with E-state index in [4.69, 9.17) is 16.9 Å². The number of nitriles is 1. The molecule has 102 valence electrons. The highest BCUT2D eigenvalue weighted by Crippen LogP contribution is 2.20. The molecule has 0 aliphatic rings. The Bertz CT molecular complexity index is 505. The molecule has 0 radical (unpaired) electrons. The number of halogens is 1. The molecule has 0 saturated heterocycles. The number of nitrogens with one attached hydrogen (secondary N) is 1. The van der Waals surface area contributed by atoms with Gasteiger partial charge in [0, 0.05) is 22.7 Å². The van der Waals surface area contributed by atoms with Crippen LogP contribution in [0, 0.1) is 17.2 Å². The van der Waals surface area contributed by atoms with E-state index < -0.39 is 11.8 Å². The van der Waals surface area contributed by atoms with Gasteiger partial charge in [-0.05, 0) is 26.3 Å². The standard InChI is InChI=1S/C13H15ClN2O2S/c1-8(2)16-13(18)11(6-15)12(17)4-3-10-5-9(14)7-19-10/h5,7-8,11H,3-4H2,1-2H3,(H,16,18). The van der Waals surface area contributed by atoms with Crippen LogP contribution in [-0.4, -0.2) is 17.7 Å². The van der Waals surface area contributed by atoms with E-state index in [1.807, 2.05) is 0 Å². The number of hydrogen-bond acceptors (Lipinski definition) is 4. The molecule has 1 atom stereocenters. The van der Waals surface area contributed by atoms with E-state index >= 15 is 0 Å². The normalized spacial score (nSPS) is 11.9. The van der Waals surface area contributed by atoms with Crippen molar-refractivity contribution in [1.82, 2.24) is 5.32 Å². The van der Waals surface area contributed by atoms with Crippen molar-refractivity contribution in [2.24, 2.45) is 5.92 Å². The van der Waals surface area contributed by atoms with Crippen LogP contribution in [-0.2, 0) is 16.0 Å². The molecule has 1 rings (SSSR count). The fourth-order valence-electron chi connectivity index (χ4n) is 1.52. The maximum absolute atomic E-state index is 11.9. The summed E-state index contributed by atoms with van der Waals surface area (Å²) in [6, 6.07) is 3.46. The maximum atomic E-state index is 11.9. The van der Waals surface area contributed by atoms with Gasteiger partial charge in [-0.2, -0.15) is 5.26 Å². The van der Waals surface area contributed by atoms with Crippen LogP contribution in [0.3, 0.4) is 0 Å². The average molecular weight is 299 g/mol. The van der Waals surface area contributed by atoms with Crippen molar-refractivity contribution in [3.63, 3.8) is 0 Å². The summed E-state index contributed by atoms with van der Waals surface area (Å²) in [6.07, 6.45) is 0.671. The predicted octanol–water partition coefficient (Wildman–Crippen LogP) is 2.57. The molecule has 1 amide bonds. The highest BCUT2D eigenvalue weighted by atomic mass is 35.5. The summed E-state index contributed by atoms with van der Waals surface area (Å²) in [5, 5.41) is 13.9. The van der Waals surface area contributed by atoms with E-state index in [0.29, 0.717) is 11.4 Å². The summed E-state index contributed by atoms with van der Waals surface area (Å²) in [6.45, 7) is 3.56. The number of carbonyl (C=O) groups excluding carboxylic acids is 2. The van der Waals surface area contributed by atoms with Crippen molar-refractivity contribution in [2.75, 3.05) is 0 Å². The van der Waals surface area contributed by atoms with Gasteiger partial charge in [-0.1, -0.05) is 11.6 Å². The van der Waals surface area contributed by atoms with Crippen molar-refractivity contribution in [1.29, 1.82) is 5.26 Å². The Balaban J connectivity index is 2.55. The van der Waals surface area contributed by atoms with Crippen molar-refractivity contribution in [3.05, 3.63) is 21.3 Å². The number of Topliss-reactive ketones (excluding diaryl/α,β-unsaturated/α-hetero) is 1. The third-order valence-electron chi connectivity index (χ3n) is 2.38. The molecule has 1 N–H and O–H groups in total. The van der Waals surface area contributed by atoms with Crippen LogP contribution in [0.1, 0.15) is 25.1 Å². The molecule has 1 heterocycles. The second-order valence-corrected chi connectivity index (χ2v) is 5.86. The largest absolute Gasteiger partial charge is 0.352 e. The lowest BCUT2D eigenvalue weighted by molar-refractivity contribution is -0.131. The van der Waals surface area contributed by atoms with E-state index in [9.17, 15) is 9.59 Å². The number of hydrogen-bond donors (Lipinski definition) is 1. The van der Waals surface area contributed by atoms with Gasteiger partial charge in [0.15, 0.2) is 11.7 Å². The Kier molecular flexibility index (Phi) is 6.00. The number of amides is 1. The van der Waals surface area contributed by atoms with Gasteiger partial charge in [-0.3, -0.25) is 9.59 Å². The van der Waals surface area contributed by atoms with Gasteiger partial charge in [-0.15, -0.1) is 11.3 Å². The molecular weight excluding hydrogens is 284 g/mol. The van der Waals surface area contributed by atoms with E-state index in [1.54, 1.807) is 31.4 Å². The molecular formula is C13H15ClN2O2S. The van der Waals surface area contributed by atoms with Gasteiger partial charge in [-0.25, -0.2) is 0 Å². The van der Waals surface area contributed by atoms with Crippen molar-refractivity contribution in [3.8, 4) is 6.07 Å². The Morgan fingerprint density at radius 1 is 1.53 bits per heavy atom. The second-order valence-electron chi connectivity index (χ2n) is 4.42. The third-order valence-corrected chi connectivity index (χ3v) is 3.73. The summed E-state index contributed by atoms with van der Waals surface area (Å²) >= 11 is 7.24. The molecule has 0 saturated carbocycles. The molecule has 0 fully saturated rings. The number of aryl methyl sites for hydroxylation is 1. The van der Waals surface area contributed by atoms with E-state index in [1.165, 1.54) is 11.3 Å². The second kappa shape index (κ2) is 7.27. The van der Waals surface area contributed by atoms with Crippen LogP contribution in [0.15, 0.2) is 11.4 Å². The number of rotatable bonds is 6. The van der Waals surface area contributed by atoms with Crippen molar-refractivity contribution >= 4 is 34.6 Å². The minimum Gasteiger partial charge on any atom is -0.352 e. The summed E-state index contributed by atoms with van der Waals surface area (Å²) in [5.41, 5.74) is 0. The molecule has 6 heteroatoms. The first-order valence-corrected chi connectivity index (χ1v) is 7.15. The lowest BCUT2D eigenvalue weighted by Gasteiger charge is -2.11. The lowest BCUT2D eigenvalue weighted by Crippen LogP contribution is -2.38. The predicted molar refractivity (Wildman–Crippen MR) is 75.0 cm³/mol. The molecule has 0 spiro atoms. The zero-order valence-corrected chi connectivity index (χ0v) is 12.3. The van der Waals surface area contributed by atoms with Crippen LogP contribution >= 0.6 is 22.9 Å². The van der Waals surface area contributed by atoms with E-state index in [2.05, 4.69) is 5.32 Å². The van der Waals surface area contributed by atoms with Gasteiger partial charge in [0.2, 0.25) is 5.91 Å². The minimum absolute atomic E-state index is 0.0905. The maximum Gasteiger partial charge on any atom is 0.245 e. The van der Waals surface area contributed by atoms with Crippen LogP contribution in [0.5, 0.6) is 0 Å². The van der Waals surface area contributed by atoms with Crippen LogP contribution in [0.25, 0.3) is 0 Å². The monoisotopic (exact) mass is 298 g/mol. The first kappa shape index (κ1) is 15.7. The quantitative estimate of drug-likeness (QED) is 0.821. The fourth-order valence-corrected chi connectivity index (χ4v) is 2.60. The molecule has 1 aromatic rings. The molecule has 0 aliphatic heterocycles. The Morgan fingerprint density at radius 2 is 2.21 bits per heavy atom. The van der Waals surface area contributed by atoms with Crippen molar-refractivity contribution in [2.45, 2.75) is 32.7 Å². The Morgan fingerprint density at radius 3 is 2.68 bits per heavy atom. The molecule has 0 aromatic carbocycles. The van der Waals surface area contributed by atoms with Gasteiger partial charge in [0.25, 0.3) is 0 Å². The minimum atomic E-state index is -1.22.